The maximum atomic E-state index is 1.61. The predicted octanol–water partition coefficient (Wildman–Crippen LogP) is 8.03. The summed E-state index contributed by atoms with van der Waals surface area (Å²) in [5, 5.41) is 0. The van der Waals surface area contributed by atoms with E-state index in [1.807, 2.05) is 0 Å². The van der Waals surface area contributed by atoms with E-state index in [2.05, 4.69) is 0 Å². The van der Waals surface area contributed by atoms with Crippen LogP contribution in [-0.4, -0.2) is 17.0 Å². The van der Waals surface area contributed by atoms with Crippen LogP contribution in [0.3, 0.4) is 0 Å². The van der Waals surface area contributed by atoms with Crippen molar-refractivity contribution < 1.29 is 0 Å². The van der Waals surface area contributed by atoms with Crippen LogP contribution in [0.5, 0.6) is 0 Å². The first-order valence-electron chi connectivity index (χ1n) is 11.2. The summed E-state index contributed by atoms with van der Waals surface area (Å²) in [7, 11) is 0.327. The highest BCUT2D eigenvalue weighted by Crippen LogP contribution is 2.60. The molecule has 0 aromatic heterocycles. The third-order valence-corrected chi connectivity index (χ3v) is 11.1. The van der Waals surface area contributed by atoms with Gasteiger partial charge in [-0.3, -0.25) is 0 Å². The van der Waals surface area contributed by atoms with Crippen LogP contribution in [0, 0.1) is 0 Å². The van der Waals surface area contributed by atoms with E-state index in [1.54, 1.807) is 77.0 Å². The number of hydrogen-bond donors (Lipinski definition) is 0. The van der Waals surface area contributed by atoms with Gasteiger partial charge in [0, 0.05) is 0 Å². The Hall–Kier alpha value is 0.430. The van der Waals surface area contributed by atoms with Gasteiger partial charge < -0.3 is 0 Å². The predicted molar refractivity (Wildman–Crippen MR) is 106 cm³/mol. The van der Waals surface area contributed by atoms with Gasteiger partial charge in [-0.05, 0) is 55.5 Å². The fourth-order valence-corrected chi connectivity index (χ4v) is 10.4. The van der Waals surface area contributed by atoms with Crippen LogP contribution in [-0.2, 0) is 0 Å². The standard InChI is InChI=1S/C22H41P/c1-3-8-14-20(15-9-4-1)23(22-18-12-7-13-19-22)21-16-10-5-2-6-11-17-21/h20-22H,1-19H2. The zero-order valence-electron chi connectivity index (χ0n) is 15.6. The molecule has 0 aliphatic heterocycles. The molecule has 0 nitrogen and oxygen atoms in total. The van der Waals surface area contributed by atoms with Gasteiger partial charge >= 0.3 is 0 Å². The molecule has 0 radical (unpaired) electrons. The molecule has 0 spiro atoms. The highest BCUT2D eigenvalue weighted by atomic mass is 31.1. The fraction of sp³-hybridized carbons (Fsp3) is 1.00. The molecular formula is C22H41P. The van der Waals surface area contributed by atoms with Gasteiger partial charge in [-0.15, -0.1) is 0 Å². The zero-order valence-corrected chi connectivity index (χ0v) is 16.5. The molecule has 134 valence electrons. The summed E-state index contributed by atoms with van der Waals surface area (Å²) in [6.45, 7) is 0. The molecule has 3 saturated carbocycles. The summed E-state index contributed by atoms with van der Waals surface area (Å²) in [5.74, 6) is 0. The van der Waals surface area contributed by atoms with Crippen LogP contribution in [0.2, 0.25) is 0 Å². The molecule has 1 heteroatoms. The number of rotatable bonds is 3. The Balaban J connectivity index is 1.70. The Bertz CT molecular complexity index is 269. The Labute approximate surface area is 147 Å². The van der Waals surface area contributed by atoms with Crippen LogP contribution in [0.1, 0.15) is 122 Å². The van der Waals surface area contributed by atoms with Gasteiger partial charge in [-0.1, -0.05) is 91.4 Å². The van der Waals surface area contributed by atoms with Crippen molar-refractivity contribution in [2.45, 2.75) is 139 Å². The van der Waals surface area contributed by atoms with E-state index in [0.717, 1.165) is 11.3 Å². The third kappa shape index (κ3) is 5.73. The van der Waals surface area contributed by atoms with Gasteiger partial charge in [0.2, 0.25) is 0 Å². The quantitative estimate of drug-likeness (QED) is 0.458. The van der Waals surface area contributed by atoms with Crippen molar-refractivity contribution in [2.75, 3.05) is 0 Å². The lowest BCUT2D eigenvalue weighted by atomic mass is 9.99. The summed E-state index contributed by atoms with van der Waals surface area (Å²) in [4.78, 5) is 0. The molecule has 0 aromatic rings. The maximum Gasteiger partial charge on any atom is -0.0204 e. The van der Waals surface area contributed by atoms with Crippen LogP contribution in [0.15, 0.2) is 0 Å². The lowest BCUT2D eigenvalue weighted by molar-refractivity contribution is 0.466. The first-order valence-corrected chi connectivity index (χ1v) is 12.8. The Kier molecular flexibility index (Phi) is 8.26. The van der Waals surface area contributed by atoms with Gasteiger partial charge in [-0.25, -0.2) is 0 Å². The average Bonchev–Trinajstić information content (AvgIpc) is 2.52. The molecule has 0 unspecified atom stereocenters. The van der Waals surface area contributed by atoms with Crippen molar-refractivity contribution in [3.63, 3.8) is 0 Å². The van der Waals surface area contributed by atoms with E-state index in [4.69, 9.17) is 0 Å². The normalized spacial score (nSPS) is 28.0. The van der Waals surface area contributed by atoms with E-state index in [9.17, 15) is 0 Å². The molecule has 3 aliphatic rings. The smallest absolute Gasteiger partial charge is 0.0204 e. The molecule has 3 fully saturated rings. The highest BCUT2D eigenvalue weighted by molar-refractivity contribution is 7.59. The van der Waals surface area contributed by atoms with E-state index in [0.29, 0.717) is 7.92 Å². The summed E-state index contributed by atoms with van der Waals surface area (Å²) >= 11 is 0. The maximum absolute atomic E-state index is 1.61. The molecule has 0 N–H and O–H groups in total. The third-order valence-electron chi connectivity index (χ3n) is 6.99. The average molecular weight is 337 g/mol. The summed E-state index contributed by atoms with van der Waals surface area (Å²) < 4.78 is 0. The largest absolute Gasteiger partial charge is 0.0971 e. The fourth-order valence-electron chi connectivity index (χ4n) is 5.74. The molecule has 0 amide bonds. The molecular weight excluding hydrogens is 295 g/mol. The summed E-state index contributed by atoms with van der Waals surface area (Å²) in [6, 6.07) is 0. The monoisotopic (exact) mass is 336 g/mol. The van der Waals surface area contributed by atoms with E-state index < -0.39 is 0 Å². The number of hydrogen-bond acceptors (Lipinski definition) is 0. The second-order valence-corrected chi connectivity index (χ2v) is 11.8. The van der Waals surface area contributed by atoms with Crippen LogP contribution >= 0.6 is 7.92 Å². The second kappa shape index (κ2) is 10.4. The van der Waals surface area contributed by atoms with Crippen LogP contribution < -0.4 is 0 Å². The topological polar surface area (TPSA) is 0 Å². The molecule has 3 aliphatic carbocycles. The molecule has 0 aromatic carbocycles. The first-order chi connectivity index (χ1) is 11.4. The SMILES string of the molecule is C1CCCC(P(C2CCCCCCC2)C2CCCCC2)CCC1. The van der Waals surface area contributed by atoms with Crippen molar-refractivity contribution in [2.24, 2.45) is 0 Å². The second-order valence-electron chi connectivity index (χ2n) is 8.74. The van der Waals surface area contributed by atoms with Crippen molar-refractivity contribution >= 4 is 7.92 Å². The van der Waals surface area contributed by atoms with Gasteiger partial charge in [0.05, 0.1) is 0 Å². The van der Waals surface area contributed by atoms with E-state index in [1.165, 1.54) is 50.6 Å². The van der Waals surface area contributed by atoms with Crippen LogP contribution in [0.25, 0.3) is 0 Å². The minimum absolute atomic E-state index is 0.327. The molecule has 23 heavy (non-hydrogen) atoms. The Morgan fingerprint density at radius 1 is 0.304 bits per heavy atom. The van der Waals surface area contributed by atoms with Crippen molar-refractivity contribution in [3.05, 3.63) is 0 Å². The van der Waals surface area contributed by atoms with Gasteiger partial charge in [0.15, 0.2) is 0 Å². The highest BCUT2D eigenvalue weighted by Gasteiger charge is 2.35. The molecule has 0 saturated heterocycles. The molecule has 0 bridgehead atoms. The van der Waals surface area contributed by atoms with Gasteiger partial charge in [0.25, 0.3) is 0 Å². The van der Waals surface area contributed by atoms with Gasteiger partial charge in [0.1, 0.15) is 0 Å². The van der Waals surface area contributed by atoms with E-state index in [-0.39, 0.29) is 0 Å². The van der Waals surface area contributed by atoms with E-state index >= 15 is 0 Å². The van der Waals surface area contributed by atoms with Crippen LogP contribution in [0.4, 0.5) is 0 Å². The van der Waals surface area contributed by atoms with Crippen molar-refractivity contribution in [3.8, 4) is 0 Å². The lowest BCUT2D eigenvalue weighted by Crippen LogP contribution is -2.26. The summed E-state index contributed by atoms with van der Waals surface area (Å²) in [6.07, 6.45) is 29.7. The minimum Gasteiger partial charge on any atom is -0.0971 e. The van der Waals surface area contributed by atoms with Crippen molar-refractivity contribution in [1.82, 2.24) is 0 Å². The van der Waals surface area contributed by atoms with Crippen molar-refractivity contribution in [1.29, 1.82) is 0 Å². The molecule has 3 rings (SSSR count). The molecule has 0 heterocycles. The minimum atomic E-state index is 0.327. The molecule has 0 atom stereocenters. The Morgan fingerprint density at radius 2 is 0.522 bits per heavy atom. The lowest BCUT2D eigenvalue weighted by Gasteiger charge is -2.43. The first kappa shape index (κ1) is 18.2. The Morgan fingerprint density at radius 3 is 0.826 bits per heavy atom. The summed E-state index contributed by atoms with van der Waals surface area (Å²) in [5.41, 5.74) is 3.50. The van der Waals surface area contributed by atoms with Gasteiger partial charge in [-0.2, -0.15) is 0 Å². The zero-order chi connectivity index (χ0) is 15.7.